The van der Waals surface area contributed by atoms with Crippen molar-refractivity contribution < 1.29 is 8.42 Å². The third-order valence-corrected chi connectivity index (χ3v) is 5.42. The summed E-state index contributed by atoms with van der Waals surface area (Å²) in [6.07, 6.45) is 0.652. The van der Waals surface area contributed by atoms with Crippen molar-refractivity contribution in [2.24, 2.45) is 0 Å². The quantitative estimate of drug-likeness (QED) is 0.860. The first kappa shape index (κ1) is 15.8. The Morgan fingerprint density at radius 2 is 1.81 bits per heavy atom. The molecule has 0 unspecified atom stereocenters. The number of hydrogen-bond donors (Lipinski definition) is 1. The molecule has 0 bridgehead atoms. The van der Waals surface area contributed by atoms with Gasteiger partial charge in [0.1, 0.15) is 0 Å². The molecular formula is C15H17ClN2O2S. The van der Waals surface area contributed by atoms with Gasteiger partial charge in [0.25, 0.3) is 0 Å². The van der Waals surface area contributed by atoms with Gasteiger partial charge in [-0.3, -0.25) is 0 Å². The van der Waals surface area contributed by atoms with Gasteiger partial charge in [0.2, 0.25) is 10.0 Å². The molecule has 4 nitrogen and oxygen atoms in total. The van der Waals surface area contributed by atoms with Gasteiger partial charge in [0.15, 0.2) is 0 Å². The van der Waals surface area contributed by atoms with Crippen LogP contribution in [0.3, 0.4) is 0 Å². The van der Waals surface area contributed by atoms with Crippen LogP contribution in [0.5, 0.6) is 0 Å². The molecule has 0 aliphatic carbocycles. The zero-order valence-corrected chi connectivity index (χ0v) is 13.2. The second-order valence-corrected chi connectivity index (χ2v) is 7.20. The van der Waals surface area contributed by atoms with Crippen molar-refractivity contribution in [1.29, 1.82) is 0 Å². The molecule has 0 radical (unpaired) electrons. The Morgan fingerprint density at radius 3 is 2.43 bits per heavy atom. The number of anilines is 1. The van der Waals surface area contributed by atoms with E-state index in [1.54, 1.807) is 7.05 Å². The van der Waals surface area contributed by atoms with Gasteiger partial charge in [-0.2, -0.15) is 0 Å². The summed E-state index contributed by atoms with van der Waals surface area (Å²) in [5.41, 5.74) is 7.06. The predicted molar refractivity (Wildman–Crippen MR) is 85.8 cm³/mol. The lowest BCUT2D eigenvalue weighted by atomic mass is 10.2. The summed E-state index contributed by atoms with van der Waals surface area (Å²) < 4.78 is 26.2. The Hall–Kier alpha value is -1.56. The summed E-state index contributed by atoms with van der Waals surface area (Å²) in [6, 6.07) is 14.1. The Bertz CT molecular complexity index is 718. The predicted octanol–water partition coefficient (Wildman–Crippen LogP) is 2.79. The number of hydrogen-bond acceptors (Lipinski definition) is 3. The Morgan fingerprint density at radius 1 is 1.14 bits per heavy atom. The fourth-order valence-corrected chi connectivity index (χ4v) is 3.34. The average molecular weight is 325 g/mol. The van der Waals surface area contributed by atoms with E-state index in [-0.39, 0.29) is 9.92 Å². The maximum atomic E-state index is 12.4. The van der Waals surface area contributed by atoms with E-state index >= 15 is 0 Å². The van der Waals surface area contributed by atoms with Crippen LogP contribution < -0.4 is 5.73 Å². The molecule has 21 heavy (non-hydrogen) atoms. The second kappa shape index (κ2) is 6.47. The molecule has 0 aliphatic heterocycles. The van der Waals surface area contributed by atoms with E-state index in [1.807, 2.05) is 30.3 Å². The van der Waals surface area contributed by atoms with Gasteiger partial charge in [0.05, 0.1) is 15.6 Å². The normalized spacial score (nSPS) is 11.8. The number of nitrogen functional groups attached to an aromatic ring is 1. The molecule has 0 fully saturated rings. The standard InChI is InChI=1S/C15H17ClN2O2S/c1-18(10-9-12-5-3-2-4-6-12)21(19,20)13-7-8-15(17)14(16)11-13/h2-8,11H,9-10,17H2,1H3. The van der Waals surface area contributed by atoms with Crippen LogP contribution in [0, 0.1) is 0 Å². The minimum Gasteiger partial charge on any atom is -0.398 e. The average Bonchev–Trinajstić information content (AvgIpc) is 2.48. The first-order valence-electron chi connectivity index (χ1n) is 6.46. The van der Waals surface area contributed by atoms with Gasteiger partial charge >= 0.3 is 0 Å². The largest absolute Gasteiger partial charge is 0.398 e. The molecule has 0 aromatic heterocycles. The third kappa shape index (κ3) is 3.75. The van der Waals surface area contributed by atoms with Crippen molar-refractivity contribution in [3.8, 4) is 0 Å². The first-order chi connectivity index (χ1) is 9.91. The minimum atomic E-state index is -3.56. The van der Waals surface area contributed by atoms with E-state index in [0.717, 1.165) is 5.56 Å². The van der Waals surface area contributed by atoms with Gasteiger partial charge < -0.3 is 5.73 Å². The van der Waals surface area contributed by atoms with Gasteiger partial charge in [-0.15, -0.1) is 0 Å². The lowest BCUT2D eigenvalue weighted by Crippen LogP contribution is -2.29. The molecule has 0 heterocycles. The molecule has 0 amide bonds. The molecule has 112 valence electrons. The van der Waals surface area contributed by atoms with E-state index < -0.39 is 10.0 Å². The fourth-order valence-electron chi connectivity index (χ4n) is 1.90. The smallest absolute Gasteiger partial charge is 0.242 e. The van der Waals surface area contributed by atoms with Crippen molar-refractivity contribution in [2.75, 3.05) is 19.3 Å². The molecule has 2 N–H and O–H groups in total. The zero-order valence-electron chi connectivity index (χ0n) is 11.7. The summed E-state index contributed by atoms with van der Waals surface area (Å²) in [5.74, 6) is 0. The fraction of sp³-hybridized carbons (Fsp3) is 0.200. The van der Waals surface area contributed by atoms with Crippen LogP contribution >= 0.6 is 11.6 Å². The van der Waals surface area contributed by atoms with Crippen LogP contribution in [-0.2, 0) is 16.4 Å². The van der Waals surface area contributed by atoms with E-state index in [1.165, 1.54) is 22.5 Å². The molecule has 2 rings (SSSR count). The Labute approximate surface area is 130 Å². The van der Waals surface area contributed by atoms with Crippen molar-refractivity contribution in [3.63, 3.8) is 0 Å². The van der Waals surface area contributed by atoms with Gasteiger partial charge in [-0.25, -0.2) is 12.7 Å². The third-order valence-electron chi connectivity index (χ3n) is 3.24. The number of nitrogens with zero attached hydrogens (tertiary/aromatic N) is 1. The molecule has 0 saturated carbocycles. The van der Waals surface area contributed by atoms with Crippen LogP contribution in [-0.4, -0.2) is 26.3 Å². The highest BCUT2D eigenvalue weighted by atomic mass is 35.5. The van der Waals surface area contributed by atoms with E-state index in [2.05, 4.69) is 0 Å². The maximum Gasteiger partial charge on any atom is 0.242 e. The minimum absolute atomic E-state index is 0.150. The number of nitrogens with two attached hydrogens (primary N) is 1. The monoisotopic (exact) mass is 324 g/mol. The molecule has 0 atom stereocenters. The SMILES string of the molecule is CN(CCc1ccccc1)S(=O)(=O)c1ccc(N)c(Cl)c1. The lowest BCUT2D eigenvalue weighted by Gasteiger charge is -2.17. The van der Waals surface area contributed by atoms with Gasteiger partial charge in [0, 0.05) is 13.6 Å². The molecule has 0 spiro atoms. The van der Waals surface area contributed by atoms with Crippen LogP contribution in [0.1, 0.15) is 5.56 Å². The summed E-state index contributed by atoms with van der Waals surface area (Å²) >= 11 is 5.89. The van der Waals surface area contributed by atoms with Crippen LogP contribution in [0.15, 0.2) is 53.4 Å². The molecular weight excluding hydrogens is 308 g/mol. The number of rotatable bonds is 5. The number of likely N-dealkylation sites (N-methyl/N-ethyl adjacent to an activating group) is 1. The first-order valence-corrected chi connectivity index (χ1v) is 8.28. The summed E-state index contributed by atoms with van der Waals surface area (Å²) in [4.78, 5) is 0.150. The molecule has 0 aliphatic rings. The number of benzene rings is 2. The Kier molecular flexibility index (Phi) is 4.88. The van der Waals surface area contributed by atoms with E-state index in [9.17, 15) is 8.42 Å². The lowest BCUT2D eigenvalue weighted by molar-refractivity contribution is 0.472. The van der Waals surface area contributed by atoms with Gasteiger partial charge in [-0.1, -0.05) is 41.9 Å². The highest BCUT2D eigenvalue weighted by molar-refractivity contribution is 7.89. The molecule has 2 aromatic carbocycles. The summed E-state index contributed by atoms with van der Waals surface area (Å²) in [6.45, 7) is 0.397. The topological polar surface area (TPSA) is 63.4 Å². The van der Waals surface area contributed by atoms with Crippen LogP contribution in [0.4, 0.5) is 5.69 Å². The van der Waals surface area contributed by atoms with Gasteiger partial charge in [-0.05, 0) is 30.2 Å². The van der Waals surface area contributed by atoms with E-state index in [0.29, 0.717) is 18.7 Å². The van der Waals surface area contributed by atoms with Crippen LogP contribution in [0.25, 0.3) is 0 Å². The van der Waals surface area contributed by atoms with Crippen molar-refractivity contribution in [2.45, 2.75) is 11.3 Å². The Balaban J connectivity index is 2.13. The summed E-state index contributed by atoms with van der Waals surface area (Å²) in [7, 11) is -2.00. The van der Waals surface area contributed by atoms with Crippen molar-refractivity contribution in [3.05, 3.63) is 59.1 Å². The number of sulfonamides is 1. The van der Waals surface area contributed by atoms with Crippen molar-refractivity contribution in [1.82, 2.24) is 4.31 Å². The van der Waals surface area contributed by atoms with Crippen molar-refractivity contribution >= 4 is 27.3 Å². The molecule has 6 heteroatoms. The summed E-state index contributed by atoms with van der Waals surface area (Å²) in [5, 5.41) is 0.243. The number of halogens is 1. The highest BCUT2D eigenvalue weighted by Crippen LogP contribution is 2.24. The highest BCUT2D eigenvalue weighted by Gasteiger charge is 2.21. The molecule has 0 saturated heterocycles. The second-order valence-electron chi connectivity index (χ2n) is 4.75. The van der Waals surface area contributed by atoms with Crippen LogP contribution in [0.2, 0.25) is 5.02 Å². The zero-order chi connectivity index (χ0) is 15.5. The molecule has 2 aromatic rings. The maximum absolute atomic E-state index is 12.4. The van der Waals surface area contributed by atoms with E-state index in [4.69, 9.17) is 17.3 Å².